The predicted octanol–water partition coefficient (Wildman–Crippen LogP) is 0.931. The average Bonchev–Trinajstić information content (AvgIpc) is 2.17. The molecule has 0 radical (unpaired) electrons. The summed E-state index contributed by atoms with van der Waals surface area (Å²) in [5, 5.41) is 19.2. The minimum absolute atomic E-state index is 0.105. The molecular weight excluding hydrogens is 214 g/mol. The Morgan fingerprint density at radius 3 is 2.40 bits per heavy atom. The number of nitrogens with one attached hydrogen (secondary N) is 4. The van der Waals surface area contributed by atoms with E-state index >= 15 is 0 Å². The first-order valence-electron chi connectivity index (χ1n) is 4.24. The number of hydrogen-bond donors (Lipinski definition) is 5. The summed E-state index contributed by atoms with van der Waals surface area (Å²) in [6, 6.07) is 9.27. The van der Waals surface area contributed by atoms with Gasteiger partial charge in [0.15, 0.2) is 11.9 Å². The first-order valence-corrected chi connectivity index (χ1v) is 4.68. The largest absolute Gasteiger partial charge is 0.370 e. The molecule has 5 nitrogen and oxygen atoms in total. The summed E-state index contributed by atoms with van der Waals surface area (Å²) in [5.74, 6) is -0.407. The maximum atomic E-state index is 7.37. The van der Waals surface area contributed by atoms with Gasteiger partial charge in [-0.15, -0.1) is 0 Å². The molecule has 80 valence electrons. The van der Waals surface area contributed by atoms with Crippen LogP contribution in [-0.4, -0.2) is 11.9 Å². The molecule has 0 saturated carbocycles. The predicted molar refractivity (Wildman–Crippen MR) is 60.9 cm³/mol. The highest BCUT2D eigenvalue weighted by molar-refractivity contribution is 6.21. The molecule has 6 N–H and O–H groups in total. The zero-order chi connectivity index (χ0) is 11.3. The fourth-order valence-corrected chi connectivity index (χ4v) is 1.26. The summed E-state index contributed by atoms with van der Waals surface area (Å²) in [7, 11) is 0. The standard InChI is InChI=1S/C9H12ClN5/c10-7(6-4-2-1-3-5-6)14-9(13)15-8(11)12/h1-5,7H,(H6,11,12,13,14,15). The third kappa shape index (κ3) is 3.86. The molecule has 0 fully saturated rings. The van der Waals surface area contributed by atoms with Crippen LogP contribution in [-0.2, 0) is 0 Å². The monoisotopic (exact) mass is 225 g/mol. The van der Waals surface area contributed by atoms with Crippen molar-refractivity contribution in [1.82, 2.24) is 10.6 Å². The Labute approximate surface area is 92.6 Å². The molecule has 1 unspecified atom stereocenters. The Morgan fingerprint density at radius 1 is 1.27 bits per heavy atom. The second-order valence-corrected chi connectivity index (χ2v) is 3.27. The van der Waals surface area contributed by atoms with Crippen molar-refractivity contribution in [3.63, 3.8) is 0 Å². The fourth-order valence-electron chi connectivity index (χ4n) is 1.00. The summed E-state index contributed by atoms with van der Waals surface area (Å²) >= 11 is 5.98. The molecule has 15 heavy (non-hydrogen) atoms. The molecule has 1 aromatic carbocycles. The zero-order valence-electron chi connectivity index (χ0n) is 7.92. The van der Waals surface area contributed by atoms with E-state index in [0.717, 1.165) is 5.56 Å². The quantitative estimate of drug-likeness (QED) is 0.224. The van der Waals surface area contributed by atoms with Gasteiger partial charge >= 0.3 is 0 Å². The molecule has 0 aromatic heterocycles. The van der Waals surface area contributed by atoms with Gasteiger partial charge in [-0.3, -0.25) is 16.1 Å². The fraction of sp³-hybridized carbons (Fsp3) is 0.111. The maximum absolute atomic E-state index is 7.37. The Kier molecular flexibility index (Phi) is 3.93. The topological polar surface area (TPSA) is 97.8 Å². The van der Waals surface area contributed by atoms with Gasteiger partial charge in [-0.05, 0) is 5.56 Å². The van der Waals surface area contributed by atoms with Crippen LogP contribution in [0.1, 0.15) is 11.1 Å². The highest BCUT2D eigenvalue weighted by Crippen LogP contribution is 2.15. The van der Waals surface area contributed by atoms with Crippen molar-refractivity contribution in [3.05, 3.63) is 35.9 Å². The number of guanidine groups is 2. The molecular formula is C9H12ClN5. The first kappa shape index (κ1) is 11.3. The third-order valence-electron chi connectivity index (χ3n) is 1.62. The van der Waals surface area contributed by atoms with Crippen molar-refractivity contribution < 1.29 is 0 Å². The van der Waals surface area contributed by atoms with Crippen molar-refractivity contribution >= 4 is 23.5 Å². The number of nitrogens with two attached hydrogens (primary N) is 1. The number of halogens is 1. The Bertz CT molecular complexity index is 351. The average molecular weight is 226 g/mol. The summed E-state index contributed by atoms with van der Waals surface area (Å²) in [5.41, 5.74) is 5.38. The van der Waals surface area contributed by atoms with Crippen LogP contribution in [0.25, 0.3) is 0 Å². The number of hydrogen-bond acceptors (Lipinski definition) is 2. The lowest BCUT2D eigenvalue weighted by Crippen LogP contribution is -2.43. The minimum Gasteiger partial charge on any atom is -0.370 e. The molecule has 0 aliphatic heterocycles. The molecule has 1 rings (SSSR count). The van der Waals surface area contributed by atoms with Crippen molar-refractivity contribution in [2.24, 2.45) is 5.73 Å². The molecule has 0 amide bonds. The van der Waals surface area contributed by atoms with E-state index in [2.05, 4.69) is 10.6 Å². The van der Waals surface area contributed by atoms with Gasteiger partial charge in [0.05, 0.1) is 0 Å². The van der Waals surface area contributed by atoms with Crippen molar-refractivity contribution in [3.8, 4) is 0 Å². The van der Waals surface area contributed by atoms with Gasteiger partial charge in [0.2, 0.25) is 0 Å². The Morgan fingerprint density at radius 2 is 1.87 bits per heavy atom. The van der Waals surface area contributed by atoms with Crippen LogP contribution in [0.15, 0.2) is 30.3 Å². The molecule has 1 aromatic rings. The van der Waals surface area contributed by atoms with E-state index in [1.807, 2.05) is 30.3 Å². The van der Waals surface area contributed by atoms with E-state index in [1.54, 1.807) is 0 Å². The van der Waals surface area contributed by atoms with Gasteiger partial charge in [-0.1, -0.05) is 41.9 Å². The second-order valence-electron chi connectivity index (χ2n) is 2.83. The Hall–Kier alpha value is -1.75. The highest BCUT2D eigenvalue weighted by atomic mass is 35.5. The van der Waals surface area contributed by atoms with E-state index < -0.39 is 5.50 Å². The van der Waals surface area contributed by atoms with Crippen LogP contribution in [0.3, 0.4) is 0 Å². The SMILES string of the molecule is N=C(N)NC(=N)NC(Cl)c1ccccc1. The normalized spacial score (nSPS) is 11.5. The molecule has 0 aliphatic carbocycles. The molecule has 0 spiro atoms. The molecule has 0 saturated heterocycles. The molecule has 1 atom stereocenters. The van der Waals surface area contributed by atoms with Gasteiger partial charge in [0, 0.05) is 0 Å². The van der Waals surface area contributed by atoms with Crippen LogP contribution in [0.4, 0.5) is 0 Å². The van der Waals surface area contributed by atoms with Crippen LogP contribution >= 0.6 is 11.6 Å². The van der Waals surface area contributed by atoms with Gasteiger partial charge in [0.1, 0.15) is 5.50 Å². The van der Waals surface area contributed by atoms with Crippen LogP contribution in [0.2, 0.25) is 0 Å². The first-order chi connectivity index (χ1) is 7.09. The molecule has 0 bridgehead atoms. The highest BCUT2D eigenvalue weighted by Gasteiger charge is 2.08. The zero-order valence-corrected chi connectivity index (χ0v) is 8.68. The van der Waals surface area contributed by atoms with E-state index in [-0.39, 0.29) is 11.9 Å². The van der Waals surface area contributed by atoms with Crippen LogP contribution in [0.5, 0.6) is 0 Å². The number of rotatable bonds is 2. The van der Waals surface area contributed by atoms with Crippen molar-refractivity contribution in [2.75, 3.05) is 0 Å². The van der Waals surface area contributed by atoms with Crippen LogP contribution in [0, 0.1) is 10.8 Å². The second kappa shape index (κ2) is 5.21. The van der Waals surface area contributed by atoms with Gasteiger partial charge in [-0.25, -0.2) is 0 Å². The lowest BCUT2D eigenvalue weighted by atomic mass is 10.2. The van der Waals surface area contributed by atoms with E-state index in [9.17, 15) is 0 Å². The van der Waals surface area contributed by atoms with Gasteiger partial charge in [0.25, 0.3) is 0 Å². The molecule has 6 heteroatoms. The lowest BCUT2D eigenvalue weighted by molar-refractivity contribution is 0.842. The van der Waals surface area contributed by atoms with Gasteiger partial charge < -0.3 is 11.1 Å². The summed E-state index contributed by atoms with van der Waals surface area (Å²) in [4.78, 5) is 0. The summed E-state index contributed by atoms with van der Waals surface area (Å²) in [6.07, 6.45) is 0. The van der Waals surface area contributed by atoms with E-state index in [1.165, 1.54) is 0 Å². The van der Waals surface area contributed by atoms with Crippen molar-refractivity contribution in [2.45, 2.75) is 5.50 Å². The Balaban J connectivity index is 2.53. The third-order valence-corrected chi connectivity index (χ3v) is 1.98. The van der Waals surface area contributed by atoms with Crippen molar-refractivity contribution in [1.29, 1.82) is 10.8 Å². The number of alkyl halides is 1. The molecule has 0 heterocycles. The number of benzene rings is 1. The summed E-state index contributed by atoms with van der Waals surface area (Å²) in [6.45, 7) is 0. The minimum atomic E-state index is -0.523. The summed E-state index contributed by atoms with van der Waals surface area (Å²) < 4.78 is 0. The van der Waals surface area contributed by atoms with E-state index in [0.29, 0.717) is 0 Å². The van der Waals surface area contributed by atoms with E-state index in [4.69, 9.17) is 28.2 Å². The maximum Gasteiger partial charge on any atom is 0.196 e. The molecule has 0 aliphatic rings. The lowest BCUT2D eigenvalue weighted by Gasteiger charge is -2.14. The smallest absolute Gasteiger partial charge is 0.196 e. The van der Waals surface area contributed by atoms with Gasteiger partial charge in [-0.2, -0.15) is 0 Å². The van der Waals surface area contributed by atoms with Crippen LogP contribution < -0.4 is 16.4 Å².